The quantitative estimate of drug-likeness (QED) is 0.208. The SMILES string of the molecule is CC(C)(C)C(=O)Oc1ccc(C(=O)CCCN2CCC(C(O)(c3ccccc3)c3ccccc3)CC2)cc1. The lowest BCUT2D eigenvalue weighted by molar-refractivity contribution is -0.143. The summed E-state index contributed by atoms with van der Waals surface area (Å²) in [6, 6.07) is 26.8. The Morgan fingerprint density at radius 1 is 0.842 bits per heavy atom. The van der Waals surface area contributed by atoms with Gasteiger partial charge < -0.3 is 14.7 Å². The van der Waals surface area contributed by atoms with Crippen molar-refractivity contribution >= 4 is 11.8 Å². The zero-order chi connectivity index (χ0) is 27.2. The van der Waals surface area contributed by atoms with E-state index in [-0.39, 0.29) is 17.7 Å². The smallest absolute Gasteiger partial charge is 0.316 e. The van der Waals surface area contributed by atoms with Crippen molar-refractivity contribution in [2.24, 2.45) is 11.3 Å². The third kappa shape index (κ3) is 6.58. The molecule has 0 aromatic heterocycles. The average molecular weight is 514 g/mol. The molecule has 200 valence electrons. The lowest BCUT2D eigenvalue weighted by Gasteiger charge is -2.42. The zero-order valence-corrected chi connectivity index (χ0v) is 22.7. The fourth-order valence-electron chi connectivity index (χ4n) is 5.17. The second-order valence-corrected chi connectivity index (χ2v) is 11.3. The zero-order valence-electron chi connectivity index (χ0n) is 22.7. The molecule has 38 heavy (non-hydrogen) atoms. The summed E-state index contributed by atoms with van der Waals surface area (Å²) in [7, 11) is 0. The Hall–Kier alpha value is -3.28. The van der Waals surface area contributed by atoms with Crippen molar-refractivity contribution in [1.29, 1.82) is 0 Å². The van der Waals surface area contributed by atoms with Crippen LogP contribution in [-0.4, -0.2) is 41.4 Å². The van der Waals surface area contributed by atoms with E-state index in [0.29, 0.717) is 17.7 Å². The van der Waals surface area contributed by atoms with Crippen molar-refractivity contribution in [2.45, 2.75) is 52.1 Å². The summed E-state index contributed by atoms with van der Waals surface area (Å²) in [5.41, 5.74) is 0.918. The van der Waals surface area contributed by atoms with E-state index in [0.717, 1.165) is 50.0 Å². The lowest BCUT2D eigenvalue weighted by atomic mass is 9.72. The van der Waals surface area contributed by atoms with Crippen LogP contribution in [-0.2, 0) is 10.4 Å². The van der Waals surface area contributed by atoms with Gasteiger partial charge in [0.1, 0.15) is 11.4 Å². The predicted octanol–water partition coefficient (Wildman–Crippen LogP) is 6.25. The molecule has 1 aliphatic heterocycles. The van der Waals surface area contributed by atoms with Crippen molar-refractivity contribution in [2.75, 3.05) is 19.6 Å². The number of hydrogen-bond donors (Lipinski definition) is 1. The third-order valence-electron chi connectivity index (χ3n) is 7.48. The number of nitrogens with zero attached hydrogens (tertiary/aromatic N) is 1. The normalized spacial score (nSPS) is 15.3. The fourth-order valence-corrected chi connectivity index (χ4v) is 5.17. The Morgan fingerprint density at radius 2 is 1.37 bits per heavy atom. The van der Waals surface area contributed by atoms with Gasteiger partial charge in [-0.1, -0.05) is 60.7 Å². The number of aliphatic hydroxyl groups is 1. The maximum absolute atomic E-state index is 12.7. The minimum absolute atomic E-state index is 0.0936. The van der Waals surface area contributed by atoms with Crippen LogP contribution in [0.2, 0.25) is 0 Å². The number of carbonyl (C=O) groups excluding carboxylic acids is 2. The van der Waals surface area contributed by atoms with Crippen LogP contribution >= 0.6 is 0 Å². The van der Waals surface area contributed by atoms with Crippen molar-refractivity contribution in [1.82, 2.24) is 4.90 Å². The van der Waals surface area contributed by atoms with Gasteiger partial charge in [0.2, 0.25) is 0 Å². The minimum atomic E-state index is -1.02. The number of hydrogen-bond acceptors (Lipinski definition) is 5. The number of carbonyl (C=O) groups is 2. The predicted molar refractivity (Wildman–Crippen MR) is 150 cm³/mol. The molecule has 1 saturated heterocycles. The molecule has 0 aliphatic carbocycles. The summed E-state index contributed by atoms with van der Waals surface area (Å²) in [6.45, 7) is 8.08. The highest BCUT2D eigenvalue weighted by molar-refractivity contribution is 5.96. The van der Waals surface area contributed by atoms with E-state index in [4.69, 9.17) is 4.74 Å². The Kier molecular flexibility index (Phi) is 8.80. The van der Waals surface area contributed by atoms with Gasteiger partial charge in [-0.25, -0.2) is 0 Å². The van der Waals surface area contributed by atoms with Gasteiger partial charge in [-0.2, -0.15) is 0 Å². The second kappa shape index (κ2) is 12.1. The van der Waals surface area contributed by atoms with Gasteiger partial charge in [0.05, 0.1) is 5.41 Å². The summed E-state index contributed by atoms with van der Waals surface area (Å²) in [5, 5.41) is 12.1. The van der Waals surface area contributed by atoms with Crippen LogP contribution in [0, 0.1) is 11.3 Å². The molecule has 0 saturated carbocycles. The maximum Gasteiger partial charge on any atom is 0.316 e. The van der Waals surface area contributed by atoms with Crippen LogP contribution in [0.5, 0.6) is 5.75 Å². The number of ketones is 1. The van der Waals surface area contributed by atoms with Crippen LogP contribution in [0.1, 0.15) is 67.9 Å². The molecule has 0 atom stereocenters. The molecule has 3 aromatic carbocycles. The molecule has 0 amide bonds. The highest BCUT2D eigenvalue weighted by atomic mass is 16.5. The van der Waals surface area contributed by atoms with Gasteiger partial charge in [0.25, 0.3) is 0 Å². The van der Waals surface area contributed by atoms with Crippen LogP contribution in [0.3, 0.4) is 0 Å². The molecule has 5 heteroatoms. The van der Waals surface area contributed by atoms with E-state index in [1.54, 1.807) is 24.3 Å². The Bertz CT molecular complexity index is 1150. The summed E-state index contributed by atoms with van der Waals surface area (Å²) in [6.07, 6.45) is 3.04. The van der Waals surface area contributed by atoms with Crippen LogP contribution in [0.15, 0.2) is 84.9 Å². The third-order valence-corrected chi connectivity index (χ3v) is 7.48. The first-order valence-corrected chi connectivity index (χ1v) is 13.6. The number of esters is 1. The molecule has 1 heterocycles. The average Bonchev–Trinajstić information content (AvgIpc) is 2.94. The van der Waals surface area contributed by atoms with Crippen LogP contribution in [0.4, 0.5) is 0 Å². The summed E-state index contributed by atoms with van der Waals surface area (Å²) in [4.78, 5) is 27.2. The largest absolute Gasteiger partial charge is 0.426 e. The fraction of sp³-hybridized carbons (Fsp3) is 0.394. The van der Waals surface area contributed by atoms with Gasteiger partial charge in [-0.15, -0.1) is 0 Å². The molecule has 0 spiro atoms. The lowest BCUT2D eigenvalue weighted by Crippen LogP contribution is -2.44. The number of piperidine rings is 1. The van der Waals surface area contributed by atoms with E-state index < -0.39 is 11.0 Å². The molecule has 3 aromatic rings. The van der Waals surface area contributed by atoms with Gasteiger partial charge in [0, 0.05) is 12.0 Å². The molecule has 1 aliphatic rings. The Morgan fingerprint density at radius 3 is 1.87 bits per heavy atom. The molecule has 1 N–H and O–H groups in total. The van der Waals surface area contributed by atoms with E-state index in [1.807, 2.05) is 81.4 Å². The first-order chi connectivity index (χ1) is 18.2. The number of Topliss-reactive ketones (excluding diaryl/α,β-unsaturated/α-hetero) is 1. The number of likely N-dealkylation sites (tertiary alicyclic amines) is 1. The molecule has 4 rings (SSSR count). The first-order valence-electron chi connectivity index (χ1n) is 13.6. The van der Waals surface area contributed by atoms with Crippen molar-refractivity contribution in [3.63, 3.8) is 0 Å². The van der Waals surface area contributed by atoms with Crippen molar-refractivity contribution in [3.8, 4) is 5.75 Å². The molecule has 5 nitrogen and oxygen atoms in total. The van der Waals surface area contributed by atoms with Crippen LogP contribution in [0.25, 0.3) is 0 Å². The standard InChI is InChI=1S/C33H39NO4/c1-32(2,3)31(36)38-29-18-16-25(17-19-29)30(35)15-10-22-34-23-20-28(21-24-34)33(37,26-11-6-4-7-12-26)27-13-8-5-9-14-27/h4-9,11-14,16-19,28,37H,10,15,20-24H2,1-3H3. The highest BCUT2D eigenvalue weighted by Gasteiger charge is 2.41. The van der Waals surface area contributed by atoms with E-state index in [1.165, 1.54) is 0 Å². The molecular weight excluding hydrogens is 474 g/mol. The molecule has 0 bridgehead atoms. The molecule has 0 unspecified atom stereocenters. The van der Waals surface area contributed by atoms with Gasteiger partial charge >= 0.3 is 5.97 Å². The topological polar surface area (TPSA) is 66.8 Å². The van der Waals surface area contributed by atoms with Gasteiger partial charge in [-0.05, 0) is 101 Å². The van der Waals surface area contributed by atoms with E-state index in [9.17, 15) is 14.7 Å². The number of benzene rings is 3. The van der Waals surface area contributed by atoms with Crippen molar-refractivity contribution < 1.29 is 19.4 Å². The Labute approximate surface area is 226 Å². The van der Waals surface area contributed by atoms with Crippen molar-refractivity contribution in [3.05, 3.63) is 102 Å². The number of ether oxygens (including phenoxy) is 1. The molecule has 0 radical (unpaired) electrons. The highest BCUT2D eigenvalue weighted by Crippen LogP contribution is 2.41. The first kappa shape index (κ1) is 27.7. The van der Waals surface area contributed by atoms with E-state index >= 15 is 0 Å². The molecule has 1 fully saturated rings. The molecular formula is C33H39NO4. The Balaban J connectivity index is 1.28. The van der Waals surface area contributed by atoms with E-state index in [2.05, 4.69) is 4.90 Å². The summed E-state index contributed by atoms with van der Waals surface area (Å²) in [5.74, 6) is 0.369. The summed E-state index contributed by atoms with van der Waals surface area (Å²) >= 11 is 0. The summed E-state index contributed by atoms with van der Waals surface area (Å²) < 4.78 is 5.39. The number of rotatable bonds is 9. The minimum Gasteiger partial charge on any atom is -0.426 e. The van der Waals surface area contributed by atoms with Gasteiger partial charge in [0.15, 0.2) is 5.78 Å². The van der Waals surface area contributed by atoms with Crippen LogP contribution < -0.4 is 4.74 Å². The monoisotopic (exact) mass is 513 g/mol. The van der Waals surface area contributed by atoms with Gasteiger partial charge in [-0.3, -0.25) is 9.59 Å². The maximum atomic E-state index is 12.7. The second-order valence-electron chi connectivity index (χ2n) is 11.3.